The number of aryl methyl sites for hydroxylation is 2. The Kier molecular flexibility index (Phi) is 2.30. The number of aromatic nitrogens is 1. The van der Waals surface area contributed by atoms with E-state index in [0.29, 0.717) is 0 Å². The van der Waals surface area contributed by atoms with Crippen LogP contribution in [0.25, 0.3) is 10.9 Å². The van der Waals surface area contributed by atoms with Crippen molar-refractivity contribution in [3.8, 4) is 0 Å². The van der Waals surface area contributed by atoms with Crippen LogP contribution in [0.3, 0.4) is 0 Å². The summed E-state index contributed by atoms with van der Waals surface area (Å²) in [5.41, 5.74) is 5.70. The number of nitrogens with zero attached hydrogens (tertiary/aromatic N) is 1. The molecule has 0 fully saturated rings. The summed E-state index contributed by atoms with van der Waals surface area (Å²) < 4.78 is 2.30. The number of nitrogens with one attached hydrogen (secondary N) is 1. The molecule has 0 bridgehead atoms. The van der Waals surface area contributed by atoms with E-state index in [1.807, 2.05) is 0 Å². The van der Waals surface area contributed by atoms with E-state index >= 15 is 0 Å². The molecule has 0 amide bonds. The molecule has 0 spiro atoms. The summed E-state index contributed by atoms with van der Waals surface area (Å²) in [5.74, 6) is 0. The molecule has 3 rings (SSSR count). The van der Waals surface area contributed by atoms with Gasteiger partial charge >= 0.3 is 0 Å². The van der Waals surface area contributed by atoms with Gasteiger partial charge < -0.3 is 9.88 Å². The maximum absolute atomic E-state index is 11.3. The monoisotopic (exact) mass is 228 g/mol. The predicted molar refractivity (Wildman–Crippen MR) is 68.5 cm³/mol. The third-order valence-electron chi connectivity index (χ3n) is 3.56. The van der Waals surface area contributed by atoms with Crippen molar-refractivity contribution in [1.82, 2.24) is 9.88 Å². The number of benzene rings is 1. The van der Waals surface area contributed by atoms with Crippen molar-refractivity contribution in [2.45, 2.75) is 26.9 Å². The molecule has 0 saturated heterocycles. The number of rotatable bonds is 1. The van der Waals surface area contributed by atoms with Gasteiger partial charge in [0.2, 0.25) is 0 Å². The van der Waals surface area contributed by atoms with Gasteiger partial charge in [-0.05, 0) is 25.5 Å². The first-order valence-corrected chi connectivity index (χ1v) is 6.00. The maximum Gasteiger partial charge on any atom is 0.152 e. The highest BCUT2D eigenvalue weighted by molar-refractivity contribution is 6.01. The van der Waals surface area contributed by atoms with Crippen LogP contribution in [0.4, 0.5) is 0 Å². The first-order valence-electron chi connectivity index (χ1n) is 6.00. The van der Waals surface area contributed by atoms with Gasteiger partial charge in [0.1, 0.15) is 0 Å². The Morgan fingerprint density at radius 2 is 2.18 bits per heavy atom. The van der Waals surface area contributed by atoms with Crippen molar-refractivity contribution in [1.29, 1.82) is 0 Å². The lowest BCUT2D eigenvalue weighted by Gasteiger charge is -2.18. The van der Waals surface area contributed by atoms with Crippen LogP contribution >= 0.6 is 0 Å². The molecule has 0 radical (unpaired) electrons. The molecule has 17 heavy (non-hydrogen) atoms. The second kappa shape index (κ2) is 3.70. The van der Waals surface area contributed by atoms with Gasteiger partial charge in [-0.15, -0.1) is 0 Å². The molecule has 1 aliphatic heterocycles. The number of fused-ring (bicyclic) bond motifs is 3. The lowest BCUT2D eigenvalue weighted by molar-refractivity contribution is 0.112. The zero-order valence-corrected chi connectivity index (χ0v) is 10.2. The quantitative estimate of drug-likeness (QED) is 0.759. The molecular weight excluding hydrogens is 212 g/mol. The van der Waals surface area contributed by atoms with Crippen molar-refractivity contribution < 1.29 is 4.79 Å². The Morgan fingerprint density at radius 1 is 1.35 bits per heavy atom. The molecule has 1 aromatic carbocycles. The van der Waals surface area contributed by atoms with E-state index in [2.05, 4.69) is 35.9 Å². The molecule has 0 atom stereocenters. The second-order valence-corrected chi connectivity index (χ2v) is 4.78. The van der Waals surface area contributed by atoms with Gasteiger partial charge in [-0.1, -0.05) is 11.6 Å². The Labute approximate surface area is 100 Å². The zero-order chi connectivity index (χ0) is 12.0. The van der Waals surface area contributed by atoms with E-state index in [-0.39, 0.29) is 0 Å². The van der Waals surface area contributed by atoms with Crippen molar-refractivity contribution in [2.24, 2.45) is 0 Å². The highest BCUT2D eigenvalue weighted by Crippen LogP contribution is 2.30. The molecule has 0 saturated carbocycles. The summed E-state index contributed by atoms with van der Waals surface area (Å²) in [6.45, 7) is 6.92. The number of aldehydes is 1. The predicted octanol–water partition coefficient (Wildman–Crippen LogP) is 2.17. The minimum Gasteiger partial charge on any atom is -0.341 e. The SMILES string of the molecule is Cc1cc(C)c2c(c1)c(C=O)c1n2CCNC1. The minimum atomic E-state index is 0.793. The van der Waals surface area contributed by atoms with Gasteiger partial charge in [-0.3, -0.25) is 4.79 Å². The third kappa shape index (κ3) is 1.42. The first-order chi connectivity index (χ1) is 8.22. The fourth-order valence-corrected chi connectivity index (χ4v) is 2.93. The fourth-order valence-electron chi connectivity index (χ4n) is 2.93. The number of hydrogen-bond donors (Lipinski definition) is 1. The molecular formula is C14H16N2O. The smallest absolute Gasteiger partial charge is 0.152 e. The van der Waals surface area contributed by atoms with Crippen LogP contribution in [-0.4, -0.2) is 17.4 Å². The lowest BCUT2D eigenvalue weighted by atomic mass is 10.1. The number of carbonyl (C=O) groups is 1. The van der Waals surface area contributed by atoms with E-state index in [9.17, 15) is 4.79 Å². The molecule has 2 heterocycles. The van der Waals surface area contributed by atoms with Crippen LogP contribution in [0.2, 0.25) is 0 Å². The second-order valence-electron chi connectivity index (χ2n) is 4.78. The number of carbonyl (C=O) groups excluding carboxylic acids is 1. The summed E-state index contributed by atoms with van der Waals surface area (Å²) in [6, 6.07) is 4.31. The van der Waals surface area contributed by atoms with Gasteiger partial charge in [0, 0.05) is 36.3 Å². The highest BCUT2D eigenvalue weighted by Gasteiger charge is 2.20. The van der Waals surface area contributed by atoms with Crippen molar-refractivity contribution in [2.75, 3.05) is 6.54 Å². The van der Waals surface area contributed by atoms with E-state index in [0.717, 1.165) is 42.6 Å². The van der Waals surface area contributed by atoms with Crippen molar-refractivity contribution in [3.05, 3.63) is 34.5 Å². The average Bonchev–Trinajstić information content (AvgIpc) is 2.62. The third-order valence-corrected chi connectivity index (χ3v) is 3.56. The van der Waals surface area contributed by atoms with Crippen LogP contribution < -0.4 is 5.32 Å². The van der Waals surface area contributed by atoms with Crippen molar-refractivity contribution >= 4 is 17.2 Å². The van der Waals surface area contributed by atoms with Gasteiger partial charge in [0.05, 0.1) is 5.52 Å². The average molecular weight is 228 g/mol. The van der Waals surface area contributed by atoms with Gasteiger partial charge in [-0.2, -0.15) is 0 Å². The van der Waals surface area contributed by atoms with Crippen LogP contribution in [0.15, 0.2) is 12.1 Å². The lowest BCUT2D eigenvalue weighted by Crippen LogP contribution is -2.28. The molecule has 1 aliphatic rings. The van der Waals surface area contributed by atoms with E-state index < -0.39 is 0 Å². The Hall–Kier alpha value is -1.61. The largest absolute Gasteiger partial charge is 0.341 e. The summed E-state index contributed by atoms with van der Waals surface area (Å²) in [4.78, 5) is 11.3. The number of hydrogen-bond acceptors (Lipinski definition) is 2. The molecule has 0 unspecified atom stereocenters. The van der Waals surface area contributed by atoms with Crippen LogP contribution in [0.5, 0.6) is 0 Å². The van der Waals surface area contributed by atoms with Gasteiger partial charge in [0.25, 0.3) is 0 Å². The van der Waals surface area contributed by atoms with E-state index in [4.69, 9.17) is 0 Å². The summed E-state index contributed by atoms with van der Waals surface area (Å²) in [7, 11) is 0. The van der Waals surface area contributed by atoms with Crippen LogP contribution in [-0.2, 0) is 13.1 Å². The standard InChI is InChI=1S/C14H16N2O/c1-9-5-10(2)14-11(6-9)12(8-17)13-7-15-3-4-16(13)14/h5-6,8,15H,3-4,7H2,1-2H3. The Bertz CT molecular complexity index is 610. The normalized spacial score (nSPS) is 14.9. The molecule has 2 aromatic rings. The van der Waals surface area contributed by atoms with E-state index in [1.54, 1.807) is 0 Å². The first kappa shape index (κ1) is 10.5. The summed E-state index contributed by atoms with van der Waals surface area (Å²) >= 11 is 0. The van der Waals surface area contributed by atoms with Crippen LogP contribution in [0.1, 0.15) is 27.2 Å². The Morgan fingerprint density at radius 3 is 2.94 bits per heavy atom. The zero-order valence-electron chi connectivity index (χ0n) is 10.2. The molecule has 1 N–H and O–H groups in total. The molecule has 88 valence electrons. The minimum absolute atomic E-state index is 0.793. The fraction of sp³-hybridized carbons (Fsp3) is 0.357. The van der Waals surface area contributed by atoms with Crippen LogP contribution in [0, 0.1) is 13.8 Å². The van der Waals surface area contributed by atoms with E-state index in [1.165, 1.54) is 16.6 Å². The highest BCUT2D eigenvalue weighted by atomic mass is 16.1. The molecule has 3 heteroatoms. The Balaban J connectivity index is 2.47. The molecule has 0 aliphatic carbocycles. The summed E-state index contributed by atoms with van der Waals surface area (Å²) in [6.07, 6.45) is 1.00. The van der Waals surface area contributed by atoms with Crippen molar-refractivity contribution in [3.63, 3.8) is 0 Å². The van der Waals surface area contributed by atoms with Gasteiger partial charge in [-0.25, -0.2) is 0 Å². The molecule has 1 aromatic heterocycles. The summed E-state index contributed by atoms with van der Waals surface area (Å²) in [5, 5.41) is 4.44. The maximum atomic E-state index is 11.3. The van der Waals surface area contributed by atoms with Gasteiger partial charge in [0.15, 0.2) is 6.29 Å². The topological polar surface area (TPSA) is 34.0 Å². The molecule has 3 nitrogen and oxygen atoms in total.